The molecular weight excluding hydrogens is 279 g/mol. The van der Waals surface area contributed by atoms with E-state index >= 15 is 0 Å². The summed E-state index contributed by atoms with van der Waals surface area (Å²) >= 11 is 0. The second-order valence-electron chi connectivity index (χ2n) is 6.81. The number of hydrogen-bond acceptors (Lipinski definition) is 2. The van der Waals surface area contributed by atoms with Crippen molar-refractivity contribution in [3.05, 3.63) is 29.8 Å². The van der Waals surface area contributed by atoms with E-state index in [2.05, 4.69) is 40.7 Å². The standard InChI is InChI=1S/C18H31O2P/c1-6-8-14-21(19,15-9-7-2)20-17-13-11-10-12-16(17)18(3,4)5/h10-13H,6-9,14-15H2,1-5H3. The molecule has 0 radical (unpaired) electrons. The number of para-hydroxylation sites is 1. The van der Waals surface area contributed by atoms with Gasteiger partial charge in [0, 0.05) is 12.3 Å². The van der Waals surface area contributed by atoms with Gasteiger partial charge in [0.05, 0.1) is 0 Å². The monoisotopic (exact) mass is 310 g/mol. The van der Waals surface area contributed by atoms with Crippen LogP contribution in [0.2, 0.25) is 0 Å². The van der Waals surface area contributed by atoms with Gasteiger partial charge in [0.15, 0.2) is 0 Å². The van der Waals surface area contributed by atoms with Crippen molar-refractivity contribution < 1.29 is 9.09 Å². The summed E-state index contributed by atoms with van der Waals surface area (Å²) in [5, 5.41) is 0. The summed E-state index contributed by atoms with van der Waals surface area (Å²) in [6.07, 6.45) is 5.45. The van der Waals surface area contributed by atoms with Crippen LogP contribution < -0.4 is 4.52 Å². The van der Waals surface area contributed by atoms with Crippen molar-refractivity contribution >= 4 is 7.37 Å². The van der Waals surface area contributed by atoms with Crippen LogP contribution in [0.25, 0.3) is 0 Å². The Morgan fingerprint density at radius 2 is 1.52 bits per heavy atom. The van der Waals surface area contributed by atoms with Crippen molar-refractivity contribution in [1.29, 1.82) is 0 Å². The Hall–Kier alpha value is -0.750. The van der Waals surface area contributed by atoms with Crippen LogP contribution in [0.5, 0.6) is 5.75 Å². The smallest absolute Gasteiger partial charge is 0.247 e. The average molecular weight is 310 g/mol. The lowest BCUT2D eigenvalue weighted by Gasteiger charge is -2.26. The van der Waals surface area contributed by atoms with Gasteiger partial charge in [-0.05, 0) is 29.9 Å². The normalized spacial score (nSPS) is 12.4. The highest BCUT2D eigenvalue weighted by Crippen LogP contribution is 2.50. The number of unbranched alkanes of at least 4 members (excludes halogenated alkanes) is 2. The van der Waals surface area contributed by atoms with Crippen molar-refractivity contribution in [3.63, 3.8) is 0 Å². The molecule has 0 bridgehead atoms. The molecule has 0 heterocycles. The predicted octanol–water partition coefficient (Wildman–Crippen LogP) is 6.24. The molecule has 3 heteroatoms. The lowest BCUT2D eigenvalue weighted by Crippen LogP contribution is -2.14. The molecule has 1 aromatic rings. The highest BCUT2D eigenvalue weighted by Gasteiger charge is 2.26. The van der Waals surface area contributed by atoms with Gasteiger partial charge in [-0.1, -0.05) is 65.7 Å². The van der Waals surface area contributed by atoms with Crippen molar-refractivity contribution in [2.45, 2.75) is 65.7 Å². The second kappa shape index (κ2) is 8.03. The summed E-state index contributed by atoms with van der Waals surface area (Å²) in [6.45, 7) is 10.8. The Kier molecular flexibility index (Phi) is 7.00. The van der Waals surface area contributed by atoms with E-state index < -0.39 is 7.37 Å². The minimum Gasteiger partial charge on any atom is -0.442 e. The van der Waals surface area contributed by atoms with Crippen LogP contribution in [0.1, 0.15) is 65.9 Å². The molecule has 1 aromatic carbocycles. The van der Waals surface area contributed by atoms with Crippen LogP contribution in [0, 0.1) is 0 Å². The molecule has 0 fully saturated rings. The molecule has 0 atom stereocenters. The molecule has 120 valence electrons. The van der Waals surface area contributed by atoms with Gasteiger partial charge in [-0.3, -0.25) is 4.57 Å². The maximum Gasteiger partial charge on any atom is 0.247 e. The van der Waals surface area contributed by atoms with Gasteiger partial charge in [0.2, 0.25) is 7.37 Å². The maximum atomic E-state index is 13.2. The number of benzene rings is 1. The van der Waals surface area contributed by atoms with Crippen molar-refractivity contribution in [2.75, 3.05) is 12.3 Å². The summed E-state index contributed by atoms with van der Waals surface area (Å²) in [7, 11) is -2.57. The fraction of sp³-hybridized carbons (Fsp3) is 0.667. The minimum atomic E-state index is -2.57. The molecule has 0 aliphatic heterocycles. The van der Waals surface area contributed by atoms with Crippen molar-refractivity contribution in [3.8, 4) is 5.75 Å². The highest BCUT2D eigenvalue weighted by atomic mass is 31.2. The Labute approximate surface area is 130 Å². The van der Waals surface area contributed by atoms with E-state index in [1.54, 1.807) is 0 Å². The number of hydrogen-bond donors (Lipinski definition) is 0. The third-order valence-electron chi connectivity index (χ3n) is 3.66. The lowest BCUT2D eigenvalue weighted by molar-refractivity contribution is 0.462. The molecule has 0 saturated carbocycles. The van der Waals surface area contributed by atoms with Crippen LogP contribution in [0.4, 0.5) is 0 Å². The van der Waals surface area contributed by atoms with E-state index in [1.165, 1.54) is 0 Å². The molecule has 0 spiro atoms. The van der Waals surface area contributed by atoms with Crippen LogP contribution in [0.15, 0.2) is 24.3 Å². The molecule has 0 amide bonds. The summed E-state index contributed by atoms with van der Waals surface area (Å²) in [5.41, 5.74) is 1.13. The Morgan fingerprint density at radius 3 is 2.00 bits per heavy atom. The minimum absolute atomic E-state index is 0.00304. The van der Waals surface area contributed by atoms with Crippen molar-refractivity contribution in [1.82, 2.24) is 0 Å². The van der Waals surface area contributed by atoms with Gasteiger partial charge in [0.1, 0.15) is 5.75 Å². The van der Waals surface area contributed by atoms with E-state index in [0.29, 0.717) is 12.3 Å². The summed E-state index contributed by atoms with van der Waals surface area (Å²) in [5.74, 6) is 0.806. The van der Waals surface area contributed by atoms with Crippen LogP contribution >= 0.6 is 7.37 Å². The van der Waals surface area contributed by atoms with Gasteiger partial charge in [-0.15, -0.1) is 0 Å². The zero-order valence-electron chi connectivity index (χ0n) is 14.3. The molecule has 0 saturated heterocycles. The fourth-order valence-electron chi connectivity index (χ4n) is 2.35. The molecule has 0 aliphatic rings. The largest absolute Gasteiger partial charge is 0.442 e. The molecule has 21 heavy (non-hydrogen) atoms. The molecule has 0 aromatic heterocycles. The zero-order valence-corrected chi connectivity index (χ0v) is 15.2. The quantitative estimate of drug-likeness (QED) is 0.531. The Balaban J connectivity index is 3.01. The first kappa shape index (κ1) is 18.3. The van der Waals surface area contributed by atoms with E-state index in [4.69, 9.17) is 4.52 Å². The Bertz CT molecular complexity index is 462. The third kappa shape index (κ3) is 5.87. The van der Waals surface area contributed by atoms with Crippen LogP contribution in [-0.2, 0) is 9.98 Å². The van der Waals surface area contributed by atoms with Crippen LogP contribution in [-0.4, -0.2) is 12.3 Å². The molecule has 2 nitrogen and oxygen atoms in total. The van der Waals surface area contributed by atoms with Gasteiger partial charge in [-0.2, -0.15) is 0 Å². The highest BCUT2D eigenvalue weighted by molar-refractivity contribution is 7.59. The SMILES string of the molecule is CCCCP(=O)(CCCC)Oc1ccccc1C(C)(C)C. The molecule has 0 aliphatic carbocycles. The van der Waals surface area contributed by atoms with Crippen molar-refractivity contribution in [2.24, 2.45) is 0 Å². The lowest BCUT2D eigenvalue weighted by atomic mass is 9.86. The summed E-state index contributed by atoms with van der Waals surface area (Å²) in [4.78, 5) is 0. The van der Waals surface area contributed by atoms with Crippen LogP contribution in [0.3, 0.4) is 0 Å². The van der Waals surface area contributed by atoms with E-state index in [0.717, 1.165) is 37.0 Å². The molecule has 0 N–H and O–H groups in total. The summed E-state index contributed by atoms with van der Waals surface area (Å²) in [6, 6.07) is 8.04. The van der Waals surface area contributed by atoms with E-state index in [-0.39, 0.29) is 5.41 Å². The first-order valence-corrected chi connectivity index (χ1v) is 10.2. The van der Waals surface area contributed by atoms with Gasteiger partial charge < -0.3 is 4.52 Å². The van der Waals surface area contributed by atoms with E-state index in [1.807, 2.05) is 18.2 Å². The van der Waals surface area contributed by atoms with Gasteiger partial charge in [-0.25, -0.2) is 0 Å². The molecule has 0 unspecified atom stereocenters. The topological polar surface area (TPSA) is 26.3 Å². The van der Waals surface area contributed by atoms with E-state index in [9.17, 15) is 4.57 Å². The average Bonchev–Trinajstić information content (AvgIpc) is 2.42. The molecular formula is C18H31O2P. The van der Waals surface area contributed by atoms with Gasteiger partial charge in [0.25, 0.3) is 0 Å². The maximum absolute atomic E-state index is 13.2. The summed E-state index contributed by atoms with van der Waals surface area (Å²) < 4.78 is 19.3. The molecule has 1 rings (SSSR count). The second-order valence-corrected chi connectivity index (χ2v) is 9.51. The first-order chi connectivity index (χ1) is 9.82. The predicted molar refractivity (Wildman–Crippen MR) is 92.9 cm³/mol. The Morgan fingerprint density at radius 1 is 1.00 bits per heavy atom. The first-order valence-electron chi connectivity index (χ1n) is 8.19. The zero-order chi connectivity index (χ0) is 15.9. The number of rotatable bonds is 8. The van der Waals surface area contributed by atoms with Gasteiger partial charge >= 0.3 is 0 Å². The third-order valence-corrected chi connectivity index (χ3v) is 6.19. The fourth-order valence-corrected chi connectivity index (χ4v) is 4.87.